The Kier molecular flexibility index (Phi) is 6.86. The largest absolute Gasteiger partial charge is 0.365 e. The number of para-hydroxylation sites is 1. The summed E-state index contributed by atoms with van der Waals surface area (Å²) in [5.74, 6) is -0.212. The highest BCUT2D eigenvalue weighted by Gasteiger charge is 2.25. The highest BCUT2D eigenvalue weighted by atomic mass is 35.5. The molecule has 182 valence electrons. The monoisotopic (exact) mass is 517 g/mol. The van der Waals surface area contributed by atoms with Gasteiger partial charge in [-0.15, -0.1) is 0 Å². The van der Waals surface area contributed by atoms with Crippen LogP contribution in [-0.4, -0.2) is 42.9 Å². The van der Waals surface area contributed by atoms with Crippen molar-refractivity contribution in [2.45, 2.75) is 6.92 Å². The Morgan fingerprint density at radius 3 is 2.14 bits per heavy atom. The molecule has 5 nitrogen and oxygen atoms in total. The summed E-state index contributed by atoms with van der Waals surface area (Å²) in [5.41, 5.74) is 3.73. The maximum Gasteiger partial charge on any atom is 0.256 e. The van der Waals surface area contributed by atoms with Crippen LogP contribution in [0.3, 0.4) is 0 Å². The van der Waals surface area contributed by atoms with Gasteiger partial charge in [0, 0.05) is 47.7 Å². The Bertz CT molecular complexity index is 1450. The van der Waals surface area contributed by atoms with Gasteiger partial charge in [-0.2, -0.15) is 0 Å². The average molecular weight is 518 g/mol. The normalized spacial score (nSPS) is 13.6. The quantitative estimate of drug-likeness (QED) is 0.328. The fraction of sp³-hybridized carbons (Fsp3) is 0.172. The molecule has 0 spiro atoms. The molecule has 0 unspecified atom stereocenters. The second-order valence-electron chi connectivity index (χ2n) is 8.88. The smallest absolute Gasteiger partial charge is 0.256 e. The Hall–Kier alpha value is -3.54. The average Bonchev–Trinajstić information content (AvgIpc) is 2.89. The number of fused-ring (bicyclic) bond motifs is 1. The molecule has 0 atom stereocenters. The standard InChI is InChI=1S/C29H25Cl2N3O2/c1-19-11-13-20(14-12-19)29(36)34-17-15-33(16-18-34)27-25(31)9-4-10-26(27)32-28(35)23-7-2-6-22-21(23)5-3-8-24(22)30/h2-14H,15-18H2,1H3,(H,32,35). The van der Waals surface area contributed by atoms with Crippen molar-refractivity contribution in [2.24, 2.45) is 0 Å². The Morgan fingerprint density at radius 2 is 1.39 bits per heavy atom. The number of piperazine rings is 1. The molecule has 4 aromatic rings. The van der Waals surface area contributed by atoms with Crippen molar-refractivity contribution in [3.8, 4) is 0 Å². The van der Waals surface area contributed by atoms with Gasteiger partial charge in [0.15, 0.2) is 0 Å². The molecule has 5 rings (SSSR count). The second-order valence-corrected chi connectivity index (χ2v) is 9.69. The summed E-state index contributed by atoms with van der Waals surface area (Å²) < 4.78 is 0. The van der Waals surface area contributed by atoms with Crippen molar-refractivity contribution >= 4 is 57.2 Å². The highest BCUT2D eigenvalue weighted by molar-refractivity contribution is 6.36. The number of anilines is 2. The molecule has 0 aromatic heterocycles. The predicted octanol–water partition coefficient (Wildman–Crippen LogP) is 6.67. The molecule has 1 fully saturated rings. The Balaban J connectivity index is 1.35. The molecule has 0 aliphatic carbocycles. The lowest BCUT2D eigenvalue weighted by Crippen LogP contribution is -2.49. The summed E-state index contributed by atoms with van der Waals surface area (Å²) in [7, 11) is 0. The number of halogens is 2. The van der Waals surface area contributed by atoms with E-state index in [1.165, 1.54) is 0 Å². The fourth-order valence-corrected chi connectivity index (χ4v) is 5.14. The lowest BCUT2D eigenvalue weighted by atomic mass is 10.0. The number of nitrogens with one attached hydrogen (secondary N) is 1. The van der Waals surface area contributed by atoms with Crippen LogP contribution in [0.1, 0.15) is 26.3 Å². The molecular formula is C29H25Cl2N3O2. The third-order valence-corrected chi connectivity index (χ3v) is 7.16. The number of carbonyl (C=O) groups is 2. The maximum atomic E-state index is 13.3. The molecule has 1 N–H and O–H groups in total. The molecule has 1 heterocycles. The Labute approximate surface area is 220 Å². The zero-order valence-corrected chi connectivity index (χ0v) is 21.3. The maximum absolute atomic E-state index is 13.3. The van der Waals surface area contributed by atoms with Crippen LogP contribution in [0.25, 0.3) is 10.8 Å². The van der Waals surface area contributed by atoms with Gasteiger partial charge in [-0.05, 0) is 48.7 Å². The summed E-state index contributed by atoms with van der Waals surface area (Å²) in [6.07, 6.45) is 0. The van der Waals surface area contributed by atoms with E-state index < -0.39 is 0 Å². The van der Waals surface area contributed by atoms with E-state index in [-0.39, 0.29) is 11.8 Å². The van der Waals surface area contributed by atoms with Crippen molar-refractivity contribution < 1.29 is 9.59 Å². The van der Waals surface area contributed by atoms with Crippen LogP contribution in [0.4, 0.5) is 11.4 Å². The molecule has 7 heteroatoms. The van der Waals surface area contributed by atoms with Gasteiger partial charge in [-0.1, -0.05) is 71.2 Å². The molecule has 0 radical (unpaired) electrons. The van der Waals surface area contributed by atoms with Gasteiger partial charge in [0.05, 0.1) is 16.4 Å². The molecule has 4 aromatic carbocycles. The van der Waals surface area contributed by atoms with Crippen molar-refractivity contribution in [1.82, 2.24) is 4.90 Å². The van der Waals surface area contributed by atoms with Crippen LogP contribution in [0.2, 0.25) is 10.0 Å². The molecule has 1 aliphatic rings. The lowest BCUT2D eigenvalue weighted by Gasteiger charge is -2.37. The SMILES string of the molecule is Cc1ccc(C(=O)N2CCN(c3c(Cl)cccc3NC(=O)c3cccc4c(Cl)cccc34)CC2)cc1. The zero-order valence-electron chi connectivity index (χ0n) is 19.8. The van der Waals surface area contributed by atoms with E-state index in [9.17, 15) is 9.59 Å². The minimum absolute atomic E-state index is 0.0250. The van der Waals surface area contributed by atoms with Crippen LogP contribution < -0.4 is 10.2 Å². The van der Waals surface area contributed by atoms with Gasteiger partial charge >= 0.3 is 0 Å². The minimum atomic E-state index is -0.237. The first kappa shape index (κ1) is 24.2. The number of carbonyl (C=O) groups excluding carboxylic acids is 2. The van der Waals surface area contributed by atoms with Gasteiger partial charge in [-0.3, -0.25) is 9.59 Å². The third-order valence-electron chi connectivity index (χ3n) is 6.53. The number of amides is 2. The summed E-state index contributed by atoms with van der Waals surface area (Å²) in [6, 6.07) is 24.2. The molecule has 36 heavy (non-hydrogen) atoms. The van der Waals surface area contributed by atoms with E-state index in [0.717, 1.165) is 22.0 Å². The van der Waals surface area contributed by atoms with Crippen LogP contribution >= 0.6 is 23.2 Å². The molecule has 2 amide bonds. The van der Waals surface area contributed by atoms with Crippen molar-refractivity contribution in [2.75, 3.05) is 36.4 Å². The molecule has 0 bridgehead atoms. The van der Waals surface area contributed by atoms with Gasteiger partial charge in [0.25, 0.3) is 11.8 Å². The molecule has 1 aliphatic heterocycles. The van der Waals surface area contributed by atoms with E-state index in [1.54, 1.807) is 6.07 Å². The first-order valence-electron chi connectivity index (χ1n) is 11.8. The fourth-order valence-electron chi connectivity index (χ4n) is 4.61. The third kappa shape index (κ3) is 4.77. The van der Waals surface area contributed by atoms with E-state index in [1.807, 2.05) is 84.6 Å². The number of rotatable bonds is 4. The highest BCUT2D eigenvalue weighted by Crippen LogP contribution is 2.35. The zero-order chi connectivity index (χ0) is 25.2. The van der Waals surface area contributed by atoms with Crippen molar-refractivity contribution in [1.29, 1.82) is 0 Å². The van der Waals surface area contributed by atoms with Crippen LogP contribution in [0, 0.1) is 6.92 Å². The van der Waals surface area contributed by atoms with E-state index in [2.05, 4.69) is 10.2 Å². The second kappa shape index (κ2) is 10.2. The first-order chi connectivity index (χ1) is 17.4. The van der Waals surface area contributed by atoms with Gasteiger partial charge in [0.2, 0.25) is 0 Å². The first-order valence-corrected chi connectivity index (χ1v) is 12.6. The predicted molar refractivity (Wildman–Crippen MR) is 148 cm³/mol. The molecule has 0 saturated carbocycles. The molecular weight excluding hydrogens is 493 g/mol. The van der Waals surface area contributed by atoms with E-state index >= 15 is 0 Å². The Morgan fingerprint density at radius 1 is 0.750 bits per heavy atom. The minimum Gasteiger partial charge on any atom is -0.365 e. The van der Waals surface area contributed by atoms with Crippen LogP contribution in [0.5, 0.6) is 0 Å². The molecule has 1 saturated heterocycles. The number of hydrogen-bond donors (Lipinski definition) is 1. The number of hydrogen-bond acceptors (Lipinski definition) is 3. The van der Waals surface area contributed by atoms with E-state index in [4.69, 9.17) is 23.2 Å². The van der Waals surface area contributed by atoms with Crippen LogP contribution in [0.15, 0.2) is 78.9 Å². The van der Waals surface area contributed by atoms with Crippen LogP contribution in [-0.2, 0) is 0 Å². The van der Waals surface area contributed by atoms with Gasteiger partial charge in [0.1, 0.15) is 0 Å². The topological polar surface area (TPSA) is 52.7 Å². The van der Waals surface area contributed by atoms with Gasteiger partial charge < -0.3 is 15.1 Å². The summed E-state index contributed by atoms with van der Waals surface area (Å²) in [6.45, 7) is 4.34. The number of benzene rings is 4. The van der Waals surface area contributed by atoms with Gasteiger partial charge in [-0.25, -0.2) is 0 Å². The summed E-state index contributed by atoms with van der Waals surface area (Å²) in [5, 5.41) is 5.81. The van der Waals surface area contributed by atoms with E-state index in [0.29, 0.717) is 53.0 Å². The lowest BCUT2D eigenvalue weighted by molar-refractivity contribution is 0.0746. The summed E-state index contributed by atoms with van der Waals surface area (Å²) in [4.78, 5) is 30.3. The summed E-state index contributed by atoms with van der Waals surface area (Å²) >= 11 is 13.0. The van der Waals surface area contributed by atoms with Crippen molar-refractivity contribution in [3.63, 3.8) is 0 Å². The van der Waals surface area contributed by atoms with Crippen molar-refractivity contribution in [3.05, 3.63) is 106 Å². The number of aryl methyl sites for hydroxylation is 1. The number of nitrogens with zero attached hydrogens (tertiary/aromatic N) is 2.